The summed E-state index contributed by atoms with van der Waals surface area (Å²) in [7, 11) is 0. The molecule has 0 aromatic carbocycles. The van der Waals surface area contributed by atoms with Gasteiger partial charge in [0, 0.05) is 0 Å². The molecule has 0 saturated carbocycles. The summed E-state index contributed by atoms with van der Waals surface area (Å²) in [5, 5.41) is 0.357. The SMILES string of the molecule is CCSc1nc(Cl)ns1. The third-order valence-electron chi connectivity index (χ3n) is 0.650. The van der Waals surface area contributed by atoms with Gasteiger partial charge in [0.05, 0.1) is 0 Å². The standard InChI is InChI=1S/C4H5ClN2S2/c1-2-8-4-6-3(5)7-9-4/h2H2,1H3. The Morgan fingerprint density at radius 2 is 2.56 bits per heavy atom. The van der Waals surface area contributed by atoms with E-state index in [0.29, 0.717) is 5.28 Å². The zero-order valence-corrected chi connectivity index (χ0v) is 7.18. The number of hydrogen-bond acceptors (Lipinski definition) is 4. The van der Waals surface area contributed by atoms with Crippen LogP contribution in [0.25, 0.3) is 0 Å². The lowest BCUT2D eigenvalue weighted by atomic mass is 11.0. The maximum atomic E-state index is 5.47. The molecule has 0 atom stereocenters. The fourth-order valence-corrected chi connectivity index (χ4v) is 2.06. The zero-order chi connectivity index (χ0) is 6.69. The van der Waals surface area contributed by atoms with Crippen LogP contribution in [0.15, 0.2) is 4.34 Å². The van der Waals surface area contributed by atoms with Crippen molar-refractivity contribution in [2.75, 3.05) is 5.75 Å². The van der Waals surface area contributed by atoms with E-state index >= 15 is 0 Å². The van der Waals surface area contributed by atoms with Crippen LogP contribution in [0.4, 0.5) is 0 Å². The summed E-state index contributed by atoms with van der Waals surface area (Å²) in [6.45, 7) is 2.07. The van der Waals surface area contributed by atoms with Crippen LogP contribution in [0.1, 0.15) is 6.92 Å². The lowest BCUT2D eigenvalue weighted by Gasteiger charge is -1.83. The van der Waals surface area contributed by atoms with Crippen LogP contribution in [0.2, 0.25) is 5.28 Å². The minimum Gasteiger partial charge on any atom is -0.198 e. The quantitative estimate of drug-likeness (QED) is 0.654. The van der Waals surface area contributed by atoms with Crippen molar-refractivity contribution in [3.8, 4) is 0 Å². The van der Waals surface area contributed by atoms with Gasteiger partial charge in [-0.2, -0.15) is 9.36 Å². The maximum Gasteiger partial charge on any atom is 0.235 e. The Labute approximate surface area is 66.8 Å². The van der Waals surface area contributed by atoms with E-state index in [9.17, 15) is 0 Å². The molecule has 0 amide bonds. The highest BCUT2D eigenvalue weighted by atomic mass is 35.5. The summed E-state index contributed by atoms with van der Waals surface area (Å²) in [6.07, 6.45) is 0. The second-order valence-corrected chi connectivity index (χ2v) is 3.86. The molecule has 0 radical (unpaired) electrons. The first-order valence-electron chi connectivity index (χ1n) is 2.45. The molecule has 5 heteroatoms. The Balaban J connectivity index is 2.61. The van der Waals surface area contributed by atoms with Gasteiger partial charge in [-0.1, -0.05) is 18.7 Å². The molecule has 0 unspecified atom stereocenters. The van der Waals surface area contributed by atoms with E-state index in [1.807, 2.05) is 0 Å². The van der Waals surface area contributed by atoms with Gasteiger partial charge in [0.15, 0.2) is 4.34 Å². The second kappa shape index (κ2) is 3.39. The minimum atomic E-state index is 0.357. The number of rotatable bonds is 2. The Bertz CT molecular complexity index is 188. The lowest BCUT2D eigenvalue weighted by Crippen LogP contribution is -1.67. The molecule has 0 fully saturated rings. The Hall–Kier alpha value is 0.200. The fourth-order valence-electron chi connectivity index (χ4n) is 0.375. The summed E-state index contributed by atoms with van der Waals surface area (Å²) >= 11 is 8.47. The van der Waals surface area contributed by atoms with Crippen molar-refractivity contribution in [3.05, 3.63) is 5.28 Å². The molecule has 1 aromatic heterocycles. The predicted molar refractivity (Wildman–Crippen MR) is 41.3 cm³/mol. The Kier molecular flexibility index (Phi) is 2.75. The topological polar surface area (TPSA) is 25.8 Å². The highest BCUT2D eigenvalue weighted by Gasteiger charge is 1.98. The van der Waals surface area contributed by atoms with E-state index in [1.165, 1.54) is 11.5 Å². The highest BCUT2D eigenvalue weighted by Crippen LogP contribution is 2.20. The number of nitrogens with zero attached hydrogens (tertiary/aromatic N) is 2. The summed E-state index contributed by atoms with van der Waals surface area (Å²) in [4.78, 5) is 3.94. The van der Waals surface area contributed by atoms with Crippen molar-refractivity contribution in [1.29, 1.82) is 0 Å². The third kappa shape index (κ3) is 2.12. The van der Waals surface area contributed by atoms with Gasteiger partial charge in [0.2, 0.25) is 5.28 Å². The number of aromatic nitrogens is 2. The summed E-state index contributed by atoms with van der Waals surface area (Å²) < 4.78 is 4.76. The molecule has 0 aliphatic carbocycles. The smallest absolute Gasteiger partial charge is 0.198 e. The van der Waals surface area contributed by atoms with E-state index in [1.54, 1.807) is 11.8 Å². The van der Waals surface area contributed by atoms with Gasteiger partial charge < -0.3 is 0 Å². The van der Waals surface area contributed by atoms with Crippen LogP contribution in [0.5, 0.6) is 0 Å². The van der Waals surface area contributed by atoms with E-state index in [2.05, 4.69) is 16.3 Å². The van der Waals surface area contributed by atoms with Gasteiger partial charge >= 0.3 is 0 Å². The van der Waals surface area contributed by atoms with Gasteiger partial charge in [0.25, 0.3) is 0 Å². The summed E-state index contributed by atoms with van der Waals surface area (Å²) in [5.41, 5.74) is 0. The molecule has 0 N–H and O–H groups in total. The van der Waals surface area contributed by atoms with Crippen LogP contribution in [-0.2, 0) is 0 Å². The molecule has 0 saturated heterocycles. The Morgan fingerprint density at radius 3 is 3.00 bits per heavy atom. The van der Waals surface area contributed by atoms with E-state index < -0.39 is 0 Å². The lowest BCUT2D eigenvalue weighted by molar-refractivity contribution is 1.21. The molecule has 0 spiro atoms. The van der Waals surface area contributed by atoms with E-state index in [4.69, 9.17) is 11.6 Å². The van der Waals surface area contributed by atoms with Gasteiger partial charge in [-0.05, 0) is 28.9 Å². The fraction of sp³-hybridized carbons (Fsp3) is 0.500. The summed E-state index contributed by atoms with van der Waals surface area (Å²) in [6, 6.07) is 0. The Morgan fingerprint density at radius 1 is 1.78 bits per heavy atom. The van der Waals surface area contributed by atoms with E-state index in [0.717, 1.165) is 10.1 Å². The second-order valence-electron chi connectivity index (χ2n) is 1.26. The van der Waals surface area contributed by atoms with Gasteiger partial charge in [-0.25, -0.2) is 0 Å². The molecule has 0 bridgehead atoms. The van der Waals surface area contributed by atoms with Crippen molar-refractivity contribution < 1.29 is 0 Å². The molecule has 1 rings (SSSR count). The number of thioether (sulfide) groups is 1. The van der Waals surface area contributed by atoms with Crippen LogP contribution < -0.4 is 0 Å². The van der Waals surface area contributed by atoms with Crippen molar-refractivity contribution in [2.45, 2.75) is 11.3 Å². The van der Waals surface area contributed by atoms with Gasteiger partial charge in [0.1, 0.15) is 0 Å². The zero-order valence-electron chi connectivity index (χ0n) is 4.80. The largest absolute Gasteiger partial charge is 0.235 e. The average Bonchev–Trinajstić information content (AvgIpc) is 2.17. The molecule has 50 valence electrons. The molecule has 0 aliphatic heterocycles. The van der Waals surface area contributed by atoms with Crippen molar-refractivity contribution in [3.63, 3.8) is 0 Å². The normalized spacial score (nSPS) is 10.0. The van der Waals surface area contributed by atoms with Crippen LogP contribution in [0.3, 0.4) is 0 Å². The number of halogens is 1. The molecule has 0 aliphatic rings. The predicted octanol–water partition coefficient (Wildman–Crippen LogP) is 2.30. The minimum absolute atomic E-state index is 0.357. The van der Waals surface area contributed by atoms with Crippen molar-refractivity contribution >= 4 is 34.9 Å². The molecule has 9 heavy (non-hydrogen) atoms. The molecule has 1 aromatic rings. The average molecular weight is 181 g/mol. The third-order valence-corrected chi connectivity index (χ3v) is 2.64. The first kappa shape index (κ1) is 7.31. The first-order chi connectivity index (χ1) is 4.33. The highest BCUT2D eigenvalue weighted by molar-refractivity contribution is 8.00. The summed E-state index contributed by atoms with van der Waals surface area (Å²) in [5.74, 6) is 1.02. The van der Waals surface area contributed by atoms with Gasteiger partial charge in [-0.15, -0.1) is 0 Å². The van der Waals surface area contributed by atoms with Gasteiger partial charge in [-0.3, -0.25) is 0 Å². The molecule has 1 heterocycles. The first-order valence-corrected chi connectivity index (χ1v) is 4.58. The number of hydrogen-bond donors (Lipinski definition) is 0. The van der Waals surface area contributed by atoms with Crippen LogP contribution in [-0.4, -0.2) is 15.1 Å². The maximum absolute atomic E-state index is 5.47. The molecular weight excluding hydrogens is 176 g/mol. The van der Waals surface area contributed by atoms with Crippen molar-refractivity contribution in [1.82, 2.24) is 9.36 Å². The molecule has 2 nitrogen and oxygen atoms in total. The monoisotopic (exact) mass is 180 g/mol. The van der Waals surface area contributed by atoms with Crippen molar-refractivity contribution in [2.24, 2.45) is 0 Å². The molecular formula is C4H5ClN2S2. The van der Waals surface area contributed by atoms with Crippen LogP contribution in [0, 0.1) is 0 Å². The van der Waals surface area contributed by atoms with E-state index in [-0.39, 0.29) is 0 Å². The van der Waals surface area contributed by atoms with Crippen LogP contribution >= 0.6 is 34.9 Å².